The van der Waals surface area contributed by atoms with Gasteiger partial charge in [0.2, 0.25) is 0 Å². The van der Waals surface area contributed by atoms with Crippen molar-refractivity contribution in [2.75, 3.05) is 0 Å². The van der Waals surface area contributed by atoms with Crippen LogP contribution in [0.1, 0.15) is 100 Å². The molecular formula is C111H68O5. The van der Waals surface area contributed by atoms with Gasteiger partial charge in [-0.25, -0.2) is 0 Å². The molecule has 3 aliphatic carbocycles. The van der Waals surface area contributed by atoms with E-state index < -0.39 is 0 Å². The number of ether oxygens (including phenoxy) is 2. The van der Waals surface area contributed by atoms with E-state index >= 15 is 14.4 Å². The molecule has 0 saturated carbocycles. The number of carbonyl (C=O) groups excluding carboxylic acids is 3. The minimum atomic E-state index is -0.118. The van der Waals surface area contributed by atoms with Gasteiger partial charge in [0.25, 0.3) is 0 Å². The van der Waals surface area contributed by atoms with Crippen LogP contribution in [0.25, 0.3) is 66.9 Å². The highest BCUT2D eigenvalue weighted by atomic mass is 16.5. The van der Waals surface area contributed by atoms with Crippen LogP contribution < -0.4 is 9.47 Å². The van der Waals surface area contributed by atoms with Gasteiger partial charge < -0.3 is 9.47 Å². The van der Waals surface area contributed by atoms with Crippen LogP contribution in [0.2, 0.25) is 0 Å². The SMILES string of the molecule is O=C1C(c2ccc(C#Cc3ccccc3)cc2)=C(c2ccccc2)C(c2ccc(Oc3ccc(C4=C(c5ccc(C#Cc6ccccc6)cc5)C(=O)C(c5ccccc5)=C4c4ccc(Oc5ccc(C6=C(c7ccc(C#Cc8ccccc8)cc7)C(=O)C(c7ccccc7)=C6c6ccccc6)cc5)cc4)cc3)cc2)=C1c1ccccc1. The third-order valence-electron chi connectivity index (χ3n) is 20.9. The molecule has 0 amide bonds. The van der Waals surface area contributed by atoms with Gasteiger partial charge in [0.15, 0.2) is 17.3 Å². The molecule has 0 unspecified atom stereocenters. The third kappa shape index (κ3) is 14.9. The summed E-state index contributed by atoms with van der Waals surface area (Å²) >= 11 is 0. The van der Waals surface area contributed by atoms with Gasteiger partial charge >= 0.3 is 0 Å². The molecule has 5 heteroatoms. The molecule has 5 nitrogen and oxygen atoms in total. The van der Waals surface area contributed by atoms with Crippen LogP contribution in [0.3, 0.4) is 0 Å². The lowest BCUT2D eigenvalue weighted by atomic mass is 9.89. The van der Waals surface area contributed by atoms with E-state index in [1.807, 2.05) is 388 Å². The lowest BCUT2D eigenvalue weighted by Gasteiger charge is -2.16. The van der Waals surface area contributed by atoms with Crippen LogP contribution in [0.15, 0.2) is 413 Å². The van der Waals surface area contributed by atoms with E-state index in [4.69, 9.17) is 9.47 Å². The number of ketones is 3. The molecule has 0 N–H and O–H groups in total. The molecule has 0 fully saturated rings. The van der Waals surface area contributed by atoms with Crippen molar-refractivity contribution in [2.24, 2.45) is 0 Å². The maximum absolute atomic E-state index is 15.9. The minimum Gasteiger partial charge on any atom is -0.457 e. The van der Waals surface area contributed by atoms with Crippen molar-refractivity contribution in [3.8, 4) is 58.5 Å². The molecule has 0 saturated heterocycles. The van der Waals surface area contributed by atoms with E-state index in [1.165, 1.54) is 0 Å². The van der Waals surface area contributed by atoms with Gasteiger partial charge in [0.1, 0.15) is 23.0 Å². The number of allylic oxidation sites excluding steroid dienone is 12. The topological polar surface area (TPSA) is 69.7 Å². The van der Waals surface area contributed by atoms with Crippen molar-refractivity contribution in [2.45, 2.75) is 0 Å². The summed E-state index contributed by atoms with van der Waals surface area (Å²) in [5.41, 5.74) is 23.6. The normalized spacial score (nSPS) is 13.2. The van der Waals surface area contributed by atoms with E-state index in [0.29, 0.717) is 56.4 Å². The van der Waals surface area contributed by atoms with Crippen molar-refractivity contribution in [1.29, 1.82) is 0 Å². The van der Waals surface area contributed by atoms with E-state index in [-0.39, 0.29) is 17.3 Å². The number of hydrogen-bond acceptors (Lipinski definition) is 5. The van der Waals surface area contributed by atoms with Crippen LogP contribution in [0, 0.1) is 35.5 Å². The predicted octanol–water partition coefficient (Wildman–Crippen LogP) is 24.8. The Morgan fingerprint density at radius 2 is 0.259 bits per heavy atom. The largest absolute Gasteiger partial charge is 0.457 e. The molecule has 542 valence electrons. The highest BCUT2D eigenvalue weighted by Crippen LogP contribution is 2.54. The number of rotatable bonds is 16. The first-order valence-electron chi connectivity index (χ1n) is 38.5. The van der Waals surface area contributed by atoms with E-state index in [1.54, 1.807) is 0 Å². The first-order chi connectivity index (χ1) is 57.3. The Bertz CT molecular complexity index is 6690. The molecular weight excluding hydrogens is 1410 g/mol. The maximum Gasteiger partial charge on any atom is 0.195 e. The fourth-order valence-electron chi connectivity index (χ4n) is 15.4. The van der Waals surface area contributed by atoms with E-state index in [9.17, 15) is 0 Å². The molecule has 0 bridgehead atoms. The van der Waals surface area contributed by atoms with E-state index in [0.717, 1.165) is 134 Å². The summed E-state index contributed by atoms with van der Waals surface area (Å²) in [6, 6.07) is 135. The van der Waals surface area contributed by atoms with Gasteiger partial charge in [-0.2, -0.15) is 0 Å². The molecule has 0 heterocycles. The lowest BCUT2D eigenvalue weighted by molar-refractivity contribution is -0.109. The first-order valence-corrected chi connectivity index (χ1v) is 38.5. The second-order valence-electron chi connectivity index (χ2n) is 28.2. The molecule has 15 aromatic rings. The zero-order chi connectivity index (χ0) is 78.1. The van der Waals surface area contributed by atoms with Crippen molar-refractivity contribution >= 4 is 84.2 Å². The minimum absolute atomic E-state index is 0.0624. The van der Waals surface area contributed by atoms with Gasteiger partial charge in [-0.1, -0.05) is 327 Å². The average Bonchev–Trinajstić information content (AvgIpc) is 1.60. The quantitative estimate of drug-likeness (QED) is 0.0902. The van der Waals surface area contributed by atoms with Crippen LogP contribution in [-0.4, -0.2) is 17.3 Å². The molecule has 116 heavy (non-hydrogen) atoms. The summed E-state index contributed by atoms with van der Waals surface area (Å²) in [5, 5.41) is 0. The van der Waals surface area contributed by atoms with Crippen molar-refractivity contribution in [3.05, 3.63) is 513 Å². The van der Waals surface area contributed by atoms with Crippen LogP contribution in [0.4, 0.5) is 0 Å². The Morgan fingerprint density at radius 3 is 0.440 bits per heavy atom. The highest BCUT2D eigenvalue weighted by molar-refractivity contribution is 6.61. The Balaban J connectivity index is 0.678. The molecule has 15 aromatic carbocycles. The molecule has 18 rings (SSSR count). The average molecular weight is 1480 g/mol. The third-order valence-corrected chi connectivity index (χ3v) is 20.9. The standard InChI is InChI=1S/C111H68O5/c112-109-103(83-35-19-6-20-36-83)97(81-31-15-4-16-32-81)100(107(109)91-55-49-79(50-56-91)45-42-76-27-11-2-12-28-76)87-61-69-94(70-62-87)116-95-71-63-88(64-72-95)101-102(108(111(114)105(101)85-39-23-8-24-40-85)92-57-51-80(52-58-92)46-43-77-29-13-3-14-30-77)89-65-73-96(74-66-89)115-93-67-59-86(60-68-93)99-98(82-33-17-5-18-34-82)106(110(113)104(99)84-37-21-7-22-38-84)90-53-47-78(48-54-90)44-41-75-25-9-1-10-26-75/h1-40,47-74H. The van der Waals surface area contributed by atoms with E-state index in [2.05, 4.69) is 59.8 Å². The highest BCUT2D eigenvalue weighted by Gasteiger charge is 2.39. The second-order valence-corrected chi connectivity index (χ2v) is 28.2. The fourth-order valence-corrected chi connectivity index (χ4v) is 15.4. The molecule has 0 atom stereocenters. The van der Waals surface area contributed by atoms with Crippen LogP contribution in [0.5, 0.6) is 23.0 Å². The van der Waals surface area contributed by atoms with Crippen LogP contribution >= 0.6 is 0 Å². The Labute approximate surface area is 674 Å². The molecule has 0 spiro atoms. The van der Waals surface area contributed by atoms with Gasteiger partial charge in [-0.05, 0) is 188 Å². The summed E-state index contributed by atoms with van der Waals surface area (Å²) in [7, 11) is 0. The van der Waals surface area contributed by atoms with Crippen molar-refractivity contribution in [3.63, 3.8) is 0 Å². The monoisotopic (exact) mass is 1480 g/mol. The number of benzene rings is 15. The van der Waals surface area contributed by atoms with Crippen molar-refractivity contribution < 1.29 is 23.9 Å². The van der Waals surface area contributed by atoms with Gasteiger partial charge in [0.05, 0.1) is 0 Å². The molecule has 0 aromatic heterocycles. The molecule has 0 radical (unpaired) electrons. The number of Topliss-reactive ketones (excluding diaryl/α,β-unsaturated/α-hetero) is 3. The van der Waals surface area contributed by atoms with Gasteiger partial charge in [-0.3, -0.25) is 14.4 Å². The second kappa shape index (κ2) is 32.5. The summed E-state index contributed by atoms with van der Waals surface area (Å²) in [5.74, 6) is 21.8. The molecule has 0 aliphatic heterocycles. The fraction of sp³-hybridized carbons (Fsp3) is 0. The summed E-state index contributed by atoms with van der Waals surface area (Å²) in [6.07, 6.45) is 0. The van der Waals surface area contributed by atoms with Gasteiger partial charge in [0, 0.05) is 100 Å². The Hall–Kier alpha value is -16.0. The maximum atomic E-state index is 15.9. The molecule has 3 aliphatic rings. The number of carbonyl (C=O) groups is 3. The summed E-state index contributed by atoms with van der Waals surface area (Å²) in [4.78, 5) is 46.5. The smallest absolute Gasteiger partial charge is 0.195 e. The zero-order valence-corrected chi connectivity index (χ0v) is 62.8. The Kier molecular flexibility index (Phi) is 20.1. The first kappa shape index (κ1) is 71.6. The Morgan fingerprint density at radius 1 is 0.129 bits per heavy atom. The summed E-state index contributed by atoms with van der Waals surface area (Å²) < 4.78 is 13.5. The van der Waals surface area contributed by atoms with Crippen LogP contribution in [-0.2, 0) is 14.4 Å². The predicted molar refractivity (Wildman–Crippen MR) is 471 cm³/mol. The van der Waals surface area contributed by atoms with Crippen molar-refractivity contribution in [1.82, 2.24) is 0 Å². The summed E-state index contributed by atoms with van der Waals surface area (Å²) in [6.45, 7) is 0. The zero-order valence-electron chi connectivity index (χ0n) is 62.8. The number of hydrogen-bond donors (Lipinski definition) is 0. The lowest BCUT2D eigenvalue weighted by Crippen LogP contribution is -2.02. The van der Waals surface area contributed by atoms with Gasteiger partial charge in [-0.15, -0.1) is 0 Å².